The molecule has 2 aliphatic rings. The Morgan fingerprint density at radius 1 is 1.46 bits per heavy atom. The normalized spacial score (nSPS) is 30.1. The fourth-order valence-corrected chi connectivity index (χ4v) is 2.21. The average molecular weight is 184 g/mol. The minimum Gasteiger partial charge on any atom is -0.464 e. The Balaban J connectivity index is 1.88. The van der Waals surface area contributed by atoms with Gasteiger partial charge in [0.25, 0.3) is 0 Å². The molecular weight excluding hydrogens is 168 g/mol. The monoisotopic (exact) mass is 184 g/mol. The first-order valence-electron chi connectivity index (χ1n) is 5.13. The van der Waals surface area contributed by atoms with Crippen molar-refractivity contribution in [3.8, 4) is 0 Å². The SMILES string of the molecule is CCOC(=O)[C@H]1OC12CCCCC2. The van der Waals surface area contributed by atoms with Crippen LogP contribution in [-0.4, -0.2) is 24.3 Å². The van der Waals surface area contributed by atoms with Crippen molar-refractivity contribution in [2.75, 3.05) is 6.61 Å². The maximum atomic E-state index is 11.3. The van der Waals surface area contributed by atoms with Crippen molar-refractivity contribution in [1.82, 2.24) is 0 Å². The Morgan fingerprint density at radius 2 is 2.15 bits per heavy atom. The second-order valence-corrected chi connectivity index (χ2v) is 3.88. The molecule has 1 atom stereocenters. The fourth-order valence-electron chi connectivity index (χ4n) is 2.21. The summed E-state index contributed by atoms with van der Waals surface area (Å²) >= 11 is 0. The summed E-state index contributed by atoms with van der Waals surface area (Å²) in [6, 6.07) is 0. The van der Waals surface area contributed by atoms with Crippen LogP contribution < -0.4 is 0 Å². The van der Waals surface area contributed by atoms with E-state index >= 15 is 0 Å². The van der Waals surface area contributed by atoms with Gasteiger partial charge in [-0.3, -0.25) is 0 Å². The average Bonchev–Trinajstić information content (AvgIpc) is 2.81. The van der Waals surface area contributed by atoms with Gasteiger partial charge in [0, 0.05) is 0 Å². The predicted molar refractivity (Wildman–Crippen MR) is 47.3 cm³/mol. The second kappa shape index (κ2) is 3.29. The van der Waals surface area contributed by atoms with Crippen molar-refractivity contribution in [1.29, 1.82) is 0 Å². The molecule has 0 radical (unpaired) electrons. The summed E-state index contributed by atoms with van der Waals surface area (Å²) in [4.78, 5) is 11.3. The summed E-state index contributed by atoms with van der Waals surface area (Å²) in [5.41, 5.74) is -0.107. The zero-order chi connectivity index (χ0) is 9.31. The molecule has 0 aromatic rings. The largest absolute Gasteiger partial charge is 0.464 e. The van der Waals surface area contributed by atoms with Gasteiger partial charge in [0.15, 0.2) is 6.10 Å². The van der Waals surface area contributed by atoms with Crippen LogP contribution in [-0.2, 0) is 14.3 Å². The first-order chi connectivity index (χ1) is 6.28. The molecule has 0 N–H and O–H groups in total. The lowest BCUT2D eigenvalue weighted by molar-refractivity contribution is -0.144. The van der Waals surface area contributed by atoms with E-state index in [-0.39, 0.29) is 17.7 Å². The van der Waals surface area contributed by atoms with E-state index in [0.29, 0.717) is 6.61 Å². The van der Waals surface area contributed by atoms with Crippen LogP contribution in [0.25, 0.3) is 0 Å². The van der Waals surface area contributed by atoms with Gasteiger partial charge >= 0.3 is 5.97 Å². The summed E-state index contributed by atoms with van der Waals surface area (Å²) < 4.78 is 10.4. The van der Waals surface area contributed by atoms with Gasteiger partial charge in [-0.25, -0.2) is 4.79 Å². The lowest BCUT2D eigenvalue weighted by Gasteiger charge is -2.17. The van der Waals surface area contributed by atoms with Crippen LogP contribution in [0.3, 0.4) is 0 Å². The fraction of sp³-hybridized carbons (Fsp3) is 0.900. The van der Waals surface area contributed by atoms with E-state index in [4.69, 9.17) is 9.47 Å². The number of epoxide rings is 1. The topological polar surface area (TPSA) is 38.8 Å². The van der Waals surface area contributed by atoms with Crippen molar-refractivity contribution in [3.63, 3.8) is 0 Å². The molecule has 74 valence electrons. The summed E-state index contributed by atoms with van der Waals surface area (Å²) in [6.07, 6.45) is 5.49. The van der Waals surface area contributed by atoms with Crippen LogP contribution in [0.2, 0.25) is 0 Å². The van der Waals surface area contributed by atoms with Gasteiger partial charge in [0.1, 0.15) is 5.60 Å². The predicted octanol–water partition coefficient (Wildman–Crippen LogP) is 1.65. The third-order valence-electron chi connectivity index (χ3n) is 2.97. The Hall–Kier alpha value is -0.570. The first-order valence-corrected chi connectivity index (χ1v) is 5.13. The zero-order valence-electron chi connectivity index (χ0n) is 8.04. The minimum absolute atomic E-state index is 0.107. The van der Waals surface area contributed by atoms with E-state index in [1.807, 2.05) is 6.92 Å². The molecule has 0 aromatic carbocycles. The van der Waals surface area contributed by atoms with Gasteiger partial charge in [-0.2, -0.15) is 0 Å². The van der Waals surface area contributed by atoms with E-state index in [1.54, 1.807) is 0 Å². The maximum absolute atomic E-state index is 11.3. The minimum atomic E-state index is -0.243. The van der Waals surface area contributed by atoms with Crippen molar-refractivity contribution < 1.29 is 14.3 Å². The number of ether oxygens (including phenoxy) is 2. The summed E-state index contributed by atoms with van der Waals surface area (Å²) in [7, 11) is 0. The highest BCUT2D eigenvalue weighted by Gasteiger charge is 2.61. The molecule has 1 heterocycles. The van der Waals surface area contributed by atoms with Crippen molar-refractivity contribution in [2.45, 2.75) is 50.7 Å². The lowest BCUT2D eigenvalue weighted by Crippen LogP contribution is -2.25. The Bertz CT molecular complexity index is 206. The van der Waals surface area contributed by atoms with Gasteiger partial charge in [0.2, 0.25) is 0 Å². The van der Waals surface area contributed by atoms with Crippen LogP contribution in [0.4, 0.5) is 0 Å². The summed E-state index contributed by atoms with van der Waals surface area (Å²) in [5, 5.41) is 0. The van der Waals surface area contributed by atoms with Crippen LogP contribution >= 0.6 is 0 Å². The molecule has 13 heavy (non-hydrogen) atoms. The molecule has 0 amide bonds. The molecule has 2 fully saturated rings. The Morgan fingerprint density at radius 3 is 2.77 bits per heavy atom. The Kier molecular flexibility index (Phi) is 2.28. The molecule has 0 unspecified atom stereocenters. The maximum Gasteiger partial charge on any atom is 0.338 e. The molecule has 1 aliphatic heterocycles. The van der Waals surface area contributed by atoms with Crippen LogP contribution in [0.15, 0.2) is 0 Å². The molecule has 1 spiro atoms. The quantitative estimate of drug-likeness (QED) is 0.484. The highest BCUT2D eigenvalue weighted by molar-refractivity contribution is 5.79. The molecule has 1 saturated carbocycles. The second-order valence-electron chi connectivity index (χ2n) is 3.88. The van der Waals surface area contributed by atoms with Crippen LogP contribution in [0.5, 0.6) is 0 Å². The standard InChI is InChI=1S/C10H16O3/c1-2-12-9(11)8-10(13-8)6-4-3-5-7-10/h8H,2-7H2,1H3/t8-/m1/s1. The van der Waals surface area contributed by atoms with Crippen LogP contribution in [0, 0.1) is 0 Å². The third-order valence-corrected chi connectivity index (χ3v) is 2.97. The molecule has 0 bridgehead atoms. The zero-order valence-corrected chi connectivity index (χ0v) is 8.04. The summed E-state index contributed by atoms with van der Waals surface area (Å²) in [6.45, 7) is 2.28. The van der Waals surface area contributed by atoms with Crippen molar-refractivity contribution in [2.24, 2.45) is 0 Å². The van der Waals surface area contributed by atoms with Gasteiger partial charge in [-0.1, -0.05) is 19.3 Å². The van der Waals surface area contributed by atoms with Gasteiger partial charge in [0.05, 0.1) is 6.61 Å². The molecule has 0 aromatic heterocycles. The van der Waals surface area contributed by atoms with Gasteiger partial charge in [-0.15, -0.1) is 0 Å². The molecule has 3 heteroatoms. The first kappa shape index (κ1) is 9.00. The number of hydrogen-bond donors (Lipinski definition) is 0. The molecule has 3 nitrogen and oxygen atoms in total. The van der Waals surface area contributed by atoms with E-state index in [2.05, 4.69) is 0 Å². The van der Waals surface area contributed by atoms with E-state index in [9.17, 15) is 4.79 Å². The molecule has 2 rings (SSSR count). The number of rotatable bonds is 2. The Labute approximate surface area is 78.4 Å². The summed E-state index contributed by atoms with van der Waals surface area (Å²) in [5.74, 6) is -0.163. The highest BCUT2D eigenvalue weighted by Crippen LogP contribution is 2.48. The van der Waals surface area contributed by atoms with Gasteiger partial charge < -0.3 is 9.47 Å². The molecular formula is C10H16O3. The van der Waals surface area contributed by atoms with Crippen LogP contribution in [0.1, 0.15) is 39.0 Å². The van der Waals surface area contributed by atoms with Crippen molar-refractivity contribution >= 4 is 5.97 Å². The number of esters is 1. The number of carbonyl (C=O) groups excluding carboxylic acids is 1. The highest BCUT2D eigenvalue weighted by atomic mass is 16.7. The third kappa shape index (κ3) is 1.57. The lowest BCUT2D eigenvalue weighted by atomic mass is 9.86. The van der Waals surface area contributed by atoms with E-state index < -0.39 is 0 Å². The smallest absolute Gasteiger partial charge is 0.338 e. The van der Waals surface area contributed by atoms with Crippen molar-refractivity contribution in [3.05, 3.63) is 0 Å². The number of carbonyl (C=O) groups is 1. The van der Waals surface area contributed by atoms with E-state index in [0.717, 1.165) is 12.8 Å². The van der Waals surface area contributed by atoms with E-state index in [1.165, 1.54) is 19.3 Å². The van der Waals surface area contributed by atoms with Gasteiger partial charge in [-0.05, 0) is 19.8 Å². The molecule has 1 saturated heterocycles. The molecule has 1 aliphatic carbocycles. The number of hydrogen-bond acceptors (Lipinski definition) is 3.